The van der Waals surface area contributed by atoms with E-state index in [0.717, 1.165) is 16.9 Å². The van der Waals surface area contributed by atoms with Gasteiger partial charge < -0.3 is 4.74 Å². The first kappa shape index (κ1) is 16.4. The van der Waals surface area contributed by atoms with E-state index in [4.69, 9.17) is 28.6 Å². The summed E-state index contributed by atoms with van der Waals surface area (Å²) in [4.78, 5) is 0. The van der Waals surface area contributed by atoms with E-state index in [1.807, 2.05) is 55.5 Å². The van der Waals surface area contributed by atoms with Crippen LogP contribution in [0.25, 0.3) is 0 Å². The molecule has 7 heteroatoms. The molecule has 0 saturated carbocycles. The number of aromatic nitrogens is 3. The third kappa shape index (κ3) is 4.10. The highest BCUT2D eigenvalue weighted by atomic mass is 35.5. The summed E-state index contributed by atoms with van der Waals surface area (Å²) in [6, 6.07) is 15.3. The standard InChI is InChI=1S/C17H15ClN4OS/c1-12-20-21-17(24)22(12)19-10-13-4-3-7-16(9-13)23-11-14-5-2-6-15(18)8-14/h2-10H,11H2,1H3,(H,21,24)/b19-10+. The summed E-state index contributed by atoms with van der Waals surface area (Å²) in [7, 11) is 0. The smallest absolute Gasteiger partial charge is 0.216 e. The van der Waals surface area contributed by atoms with Crippen molar-refractivity contribution in [3.8, 4) is 5.75 Å². The van der Waals surface area contributed by atoms with Crippen molar-refractivity contribution in [1.82, 2.24) is 14.9 Å². The van der Waals surface area contributed by atoms with Crippen LogP contribution >= 0.6 is 23.8 Å². The van der Waals surface area contributed by atoms with E-state index >= 15 is 0 Å². The normalized spacial score (nSPS) is 11.1. The van der Waals surface area contributed by atoms with Gasteiger partial charge in [-0.1, -0.05) is 35.9 Å². The third-order valence-electron chi connectivity index (χ3n) is 3.29. The zero-order valence-corrected chi connectivity index (χ0v) is 14.5. The minimum atomic E-state index is 0.451. The molecule has 0 radical (unpaired) electrons. The maximum Gasteiger partial charge on any atom is 0.216 e. The molecule has 122 valence electrons. The van der Waals surface area contributed by atoms with Gasteiger partial charge in [0.2, 0.25) is 4.77 Å². The minimum absolute atomic E-state index is 0.451. The van der Waals surface area contributed by atoms with Crippen molar-refractivity contribution in [2.24, 2.45) is 5.10 Å². The van der Waals surface area contributed by atoms with Crippen molar-refractivity contribution >= 4 is 30.0 Å². The summed E-state index contributed by atoms with van der Waals surface area (Å²) in [6.45, 7) is 2.28. The van der Waals surface area contributed by atoms with Crippen LogP contribution in [0.5, 0.6) is 5.75 Å². The van der Waals surface area contributed by atoms with E-state index in [9.17, 15) is 0 Å². The highest BCUT2D eigenvalue weighted by molar-refractivity contribution is 7.71. The molecule has 0 saturated heterocycles. The molecular weight excluding hydrogens is 344 g/mol. The number of nitrogens with zero attached hydrogens (tertiary/aromatic N) is 3. The first-order chi connectivity index (χ1) is 11.6. The van der Waals surface area contributed by atoms with Crippen LogP contribution in [0.3, 0.4) is 0 Å². The fraction of sp³-hybridized carbons (Fsp3) is 0.118. The van der Waals surface area contributed by atoms with Crippen LogP contribution in [0.2, 0.25) is 5.02 Å². The predicted molar refractivity (Wildman–Crippen MR) is 97.4 cm³/mol. The zero-order valence-electron chi connectivity index (χ0n) is 12.9. The van der Waals surface area contributed by atoms with E-state index in [1.54, 1.807) is 10.9 Å². The molecule has 0 spiro atoms. The largest absolute Gasteiger partial charge is 0.489 e. The van der Waals surface area contributed by atoms with Gasteiger partial charge in [-0.2, -0.15) is 14.9 Å². The summed E-state index contributed by atoms with van der Waals surface area (Å²) < 4.78 is 7.83. The summed E-state index contributed by atoms with van der Waals surface area (Å²) in [5.41, 5.74) is 1.92. The summed E-state index contributed by atoms with van der Waals surface area (Å²) in [5, 5.41) is 11.7. The van der Waals surface area contributed by atoms with Gasteiger partial charge in [-0.25, -0.2) is 0 Å². The Morgan fingerprint density at radius 3 is 2.88 bits per heavy atom. The van der Waals surface area contributed by atoms with Gasteiger partial charge in [0, 0.05) is 5.02 Å². The van der Waals surface area contributed by atoms with Crippen molar-refractivity contribution in [1.29, 1.82) is 0 Å². The quantitative estimate of drug-likeness (QED) is 0.544. The lowest BCUT2D eigenvalue weighted by atomic mass is 10.2. The Kier molecular flexibility index (Phi) is 5.08. The molecular formula is C17H15ClN4OS. The molecule has 0 aliphatic carbocycles. The molecule has 0 fully saturated rings. The number of rotatable bonds is 5. The first-order valence-electron chi connectivity index (χ1n) is 7.27. The Balaban J connectivity index is 1.71. The SMILES string of the molecule is Cc1n[nH]c(=S)n1/N=C/c1cccc(OCc2cccc(Cl)c2)c1. The van der Waals surface area contributed by atoms with Crippen LogP contribution in [0.4, 0.5) is 0 Å². The van der Waals surface area contributed by atoms with E-state index in [0.29, 0.717) is 22.2 Å². The molecule has 2 aromatic carbocycles. The van der Waals surface area contributed by atoms with Crippen molar-refractivity contribution in [3.05, 3.63) is 75.3 Å². The second-order valence-corrected chi connectivity index (χ2v) is 5.95. The molecule has 0 aliphatic rings. The number of halogens is 1. The Morgan fingerprint density at radius 2 is 2.12 bits per heavy atom. The maximum absolute atomic E-state index is 5.98. The topological polar surface area (TPSA) is 55.2 Å². The van der Waals surface area contributed by atoms with Crippen molar-refractivity contribution in [2.75, 3.05) is 0 Å². The first-order valence-corrected chi connectivity index (χ1v) is 8.06. The number of hydrogen-bond donors (Lipinski definition) is 1. The molecule has 24 heavy (non-hydrogen) atoms. The lowest BCUT2D eigenvalue weighted by Gasteiger charge is -2.07. The zero-order chi connectivity index (χ0) is 16.9. The number of nitrogens with one attached hydrogen (secondary N) is 1. The fourth-order valence-corrected chi connectivity index (χ4v) is 2.55. The lowest BCUT2D eigenvalue weighted by molar-refractivity contribution is 0.306. The Morgan fingerprint density at radius 1 is 1.29 bits per heavy atom. The van der Waals surface area contributed by atoms with Crippen molar-refractivity contribution < 1.29 is 4.74 Å². The van der Waals surface area contributed by atoms with Crippen LogP contribution < -0.4 is 4.74 Å². The van der Waals surface area contributed by atoms with Gasteiger partial charge in [0.15, 0.2) is 0 Å². The molecule has 5 nitrogen and oxygen atoms in total. The number of aryl methyl sites for hydroxylation is 1. The minimum Gasteiger partial charge on any atom is -0.489 e. The molecule has 1 N–H and O–H groups in total. The fourth-order valence-electron chi connectivity index (χ4n) is 2.11. The van der Waals surface area contributed by atoms with Crippen LogP contribution in [0.15, 0.2) is 53.6 Å². The number of ether oxygens (including phenoxy) is 1. The highest BCUT2D eigenvalue weighted by Crippen LogP contribution is 2.16. The molecule has 0 amide bonds. The molecule has 0 aliphatic heterocycles. The van der Waals surface area contributed by atoms with Gasteiger partial charge in [0.1, 0.15) is 18.2 Å². The predicted octanol–water partition coefficient (Wildman–Crippen LogP) is 4.36. The average Bonchev–Trinajstić information content (AvgIpc) is 2.90. The van der Waals surface area contributed by atoms with E-state index in [2.05, 4.69) is 15.3 Å². The van der Waals surface area contributed by atoms with Crippen molar-refractivity contribution in [3.63, 3.8) is 0 Å². The molecule has 3 rings (SSSR count). The van der Waals surface area contributed by atoms with Gasteiger partial charge in [0.05, 0.1) is 6.21 Å². The van der Waals surface area contributed by atoms with Gasteiger partial charge >= 0.3 is 0 Å². The van der Waals surface area contributed by atoms with E-state index < -0.39 is 0 Å². The lowest BCUT2D eigenvalue weighted by Crippen LogP contribution is -1.97. The number of aromatic amines is 1. The van der Waals surface area contributed by atoms with Gasteiger partial charge in [-0.15, -0.1) is 0 Å². The monoisotopic (exact) mass is 358 g/mol. The highest BCUT2D eigenvalue weighted by Gasteiger charge is 2.00. The maximum atomic E-state index is 5.98. The van der Waals surface area contributed by atoms with Crippen molar-refractivity contribution in [2.45, 2.75) is 13.5 Å². The molecule has 1 heterocycles. The molecule has 0 unspecified atom stereocenters. The van der Waals surface area contributed by atoms with Gasteiger partial charge in [0.25, 0.3) is 0 Å². The van der Waals surface area contributed by atoms with Crippen LogP contribution in [-0.2, 0) is 6.61 Å². The van der Waals surface area contributed by atoms with E-state index in [-0.39, 0.29) is 0 Å². The third-order valence-corrected chi connectivity index (χ3v) is 3.79. The Labute approximate surface area is 149 Å². The Hall–Kier alpha value is -2.44. The van der Waals surface area contributed by atoms with E-state index in [1.165, 1.54) is 0 Å². The second-order valence-electron chi connectivity index (χ2n) is 5.12. The molecule has 0 atom stereocenters. The molecule has 1 aromatic heterocycles. The van der Waals surface area contributed by atoms with Crippen LogP contribution in [0, 0.1) is 11.7 Å². The average molecular weight is 359 g/mol. The Bertz CT molecular complexity index is 932. The van der Waals surface area contributed by atoms with Gasteiger partial charge in [-0.3, -0.25) is 5.10 Å². The van der Waals surface area contributed by atoms with Gasteiger partial charge in [-0.05, 0) is 54.5 Å². The summed E-state index contributed by atoms with van der Waals surface area (Å²) >= 11 is 11.1. The summed E-state index contributed by atoms with van der Waals surface area (Å²) in [5.74, 6) is 1.45. The van der Waals surface area contributed by atoms with Crippen LogP contribution in [0.1, 0.15) is 17.0 Å². The summed E-state index contributed by atoms with van der Waals surface area (Å²) in [6.07, 6.45) is 1.71. The van der Waals surface area contributed by atoms with Crippen LogP contribution in [-0.4, -0.2) is 21.1 Å². The molecule has 0 bridgehead atoms. The number of benzene rings is 2. The second kappa shape index (κ2) is 7.42. The molecule has 3 aromatic rings. The number of hydrogen-bond acceptors (Lipinski definition) is 4. The number of H-pyrrole nitrogens is 1.